The van der Waals surface area contributed by atoms with Gasteiger partial charge < -0.3 is 0 Å². The van der Waals surface area contributed by atoms with E-state index in [9.17, 15) is 17.2 Å². The fourth-order valence-corrected chi connectivity index (χ4v) is 2.02. The van der Waals surface area contributed by atoms with Gasteiger partial charge in [-0.2, -0.15) is 8.78 Å². The number of anilines is 1. The van der Waals surface area contributed by atoms with E-state index in [-0.39, 0.29) is 15.2 Å². The zero-order valence-electron chi connectivity index (χ0n) is 7.05. The van der Waals surface area contributed by atoms with Gasteiger partial charge >= 0.3 is 5.76 Å². The molecule has 3 nitrogen and oxygen atoms in total. The highest BCUT2D eigenvalue weighted by Crippen LogP contribution is 2.31. The van der Waals surface area contributed by atoms with E-state index >= 15 is 0 Å². The number of nitrogens with one attached hydrogen (secondary N) is 1. The Balaban J connectivity index is 3.06. The van der Waals surface area contributed by atoms with Gasteiger partial charge in [0, 0.05) is 0 Å². The van der Waals surface area contributed by atoms with Crippen LogP contribution in [0.4, 0.5) is 14.5 Å². The zero-order valence-corrected chi connectivity index (χ0v) is 10.2. The molecule has 1 aromatic rings. The number of rotatable bonds is 3. The summed E-state index contributed by atoms with van der Waals surface area (Å²) in [5.41, 5.74) is -0.0252. The van der Waals surface area contributed by atoms with Crippen molar-refractivity contribution in [3.8, 4) is 0 Å². The second-order valence-corrected chi connectivity index (χ2v) is 5.36. The maximum atomic E-state index is 12.0. The van der Waals surface area contributed by atoms with Crippen molar-refractivity contribution in [2.45, 2.75) is 5.76 Å². The van der Waals surface area contributed by atoms with Gasteiger partial charge in [-0.05, 0) is 28.1 Å². The van der Waals surface area contributed by atoms with Gasteiger partial charge in [-0.15, -0.1) is 0 Å². The first-order valence-electron chi connectivity index (χ1n) is 3.58. The highest BCUT2D eigenvalue weighted by molar-refractivity contribution is 9.10. The Morgan fingerprint density at radius 1 is 1.40 bits per heavy atom. The summed E-state index contributed by atoms with van der Waals surface area (Å²) in [6, 6.07) is 4.25. The van der Waals surface area contributed by atoms with Crippen LogP contribution in [0.3, 0.4) is 0 Å². The van der Waals surface area contributed by atoms with Gasteiger partial charge in [0.05, 0.1) is 15.2 Å². The van der Waals surface area contributed by atoms with Crippen molar-refractivity contribution in [1.82, 2.24) is 0 Å². The minimum atomic E-state index is -4.66. The molecular weight excluding hydrogens is 316 g/mol. The van der Waals surface area contributed by atoms with E-state index in [1.54, 1.807) is 4.72 Å². The molecule has 0 atom stereocenters. The highest BCUT2D eigenvalue weighted by atomic mass is 79.9. The number of hydrogen-bond donors (Lipinski definition) is 1. The van der Waals surface area contributed by atoms with Crippen LogP contribution in [0.25, 0.3) is 0 Å². The van der Waals surface area contributed by atoms with E-state index in [0.717, 1.165) is 0 Å². The number of benzene rings is 1. The van der Waals surface area contributed by atoms with Crippen molar-refractivity contribution in [1.29, 1.82) is 0 Å². The highest BCUT2D eigenvalue weighted by Gasteiger charge is 2.24. The second-order valence-electron chi connectivity index (χ2n) is 2.51. The number of sulfonamides is 1. The van der Waals surface area contributed by atoms with Crippen molar-refractivity contribution < 1.29 is 17.2 Å². The number of alkyl halides is 2. The van der Waals surface area contributed by atoms with Crippen LogP contribution in [-0.4, -0.2) is 14.2 Å². The van der Waals surface area contributed by atoms with Crippen LogP contribution in [0.1, 0.15) is 0 Å². The van der Waals surface area contributed by atoms with Crippen LogP contribution < -0.4 is 4.72 Å². The lowest BCUT2D eigenvalue weighted by molar-refractivity contribution is 0.236. The molecule has 0 fully saturated rings. The topological polar surface area (TPSA) is 46.2 Å². The molecule has 8 heteroatoms. The van der Waals surface area contributed by atoms with E-state index in [2.05, 4.69) is 15.9 Å². The van der Waals surface area contributed by atoms with Crippen LogP contribution in [-0.2, 0) is 10.0 Å². The summed E-state index contributed by atoms with van der Waals surface area (Å²) in [6.07, 6.45) is 0. The molecule has 0 bridgehead atoms. The quantitative estimate of drug-likeness (QED) is 0.930. The molecule has 15 heavy (non-hydrogen) atoms. The molecule has 1 N–H and O–H groups in total. The lowest BCUT2D eigenvalue weighted by Crippen LogP contribution is -2.20. The molecule has 0 saturated heterocycles. The predicted octanol–water partition coefficient (Wildman–Crippen LogP) is 3.07. The van der Waals surface area contributed by atoms with Gasteiger partial charge in [0.25, 0.3) is 10.0 Å². The third kappa shape index (κ3) is 3.02. The lowest BCUT2D eigenvalue weighted by atomic mass is 10.3. The standard InChI is InChI=1S/C7H5BrClF2NO2S/c8-6-4(9)2-1-3-5(6)12-15(13,14)7(10)11/h1-3,7,12H. The van der Waals surface area contributed by atoms with Crippen LogP contribution in [0, 0.1) is 0 Å². The number of halogens is 4. The van der Waals surface area contributed by atoms with Gasteiger partial charge in [-0.1, -0.05) is 17.7 Å². The molecule has 1 aromatic carbocycles. The van der Waals surface area contributed by atoms with Crippen molar-refractivity contribution in [2.75, 3.05) is 4.72 Å². The summed E-state index contributed by atoms with van der Waals surface area (Å²) in [4.78, 5) is 0. The van der Waals surface area contributed by atoms with Crippen molar-refractivity contribution in [2.24, 2.45) is 0 Å². The maximum absolute atomic E-state index is 12.0. The average Bonchev–Trinajstić information content (AvgIpc) is 2.12. The third-order valence-electron chi connectivity index (χ3n) is 1.44. The smallest absolute Gasteiger partial charge is 0.278 e. The number of hydrogen-bond acceptors (Lipinski definition) is 2. The third-order valence-corrected chi connectivity index (χ3v) is 3.81. The van der Waals surface area contributed by atoms with E-state index in [1.807, 2.05) is 0 Å². The Morgan fingerprint density at radius 2 is 2.00 bits per heavy atom. The molecule has 0 unspecified atom stereocenters. The van der Waals surface area contributed by atoms with Gasteiger partial charge in [0.15, 0.2) is 0 Å². The Kier molecular flexibility index (Phi) is 3.91. The molecule has 0 amide bonds. The molecule has 0 saturated carbocycles. The van der Waals surface area contributed by atoms with E-state index < -0.39 is 15.8 Å². The van der Waals surface area contributed by atoms with Crippen LogP contribution in [0.2, 0.25) is 5.02 Å². The minimum absolute atomic E-state index is 0.0252. The Hall–Kier alpha value is -0.400. The van der Waals surface area contributed by atoms with Crippen LogP contribution >= 0.6 is 27.5 Å². The first kappa shape index (κ1) is 12.7. The normalized spacial score (nSPS) is 11.8. The zero-order chi connectivity index (χ0) is 11.6. The van der Waals surface area contributed by atoms with Gasteiger partial charge in [0.1, 0.15) is 0 Å². The monoisotopic (exact) mass is 319 g/mol. The molecule has 0 aliphatic heterocycles. The molecule has 0 aromatic heterocycles. The first-order chi connectivity index (χ1) is 6.84. The molecular formula is C7H5BrClF2NO2S. The Labute approximate surface area is 98.6 Å². The summed E-state index contributed by atoms with van der Waals surface area (Å²) in [5, 5.41) is 0.226. The van der Waals surface area contributed by atoms with Gasteiger partial charge in [-0.25, -0.2) is 8.42 Å². The molecule has 1 rings (SSSR count). The fraction of sp³-hybridized carbons (Fsp3) is 0.143. The average molecular weight is 321 g/mol. The molecule has 0 heterocycles. The van der Waals surface area contributed by atoms with E-state index in [4.69, 9.17) is 11.6 Å². The Bertz CT molecular complexity index is 466. The van der Waals surface area contributed by atoms with E-state index in [0.29, 0.717) is 0 Å². The van der Waals surface area contributed by atoms with Crippen molar-refractivity contribution in [3.63, 3.8) is 0 Å². The van der Waals surface area contributed by atoms with Gasteiger partial charge in [0.2, 0.25) is 0 Å². The van der Waals surface area contributed by atoms with E-state index in [1.165, 1.54) is 18.2 Å². The minimum Gasteiger partial charge on any atom is -0.278 e. The molecule has 0 aliphatic carbocycles. The van der Waals surface area contributed by atoms with Crippen molar-refractivity contribution >= 4 is 43.2 Å². The summed E-state index contributed by atoms with van der Waals surface area (Å²) in [7, 11) is -4.66. The van der Waals surface area contributed by atoms with Crippen LogP contribution in [0.15, 0.2) is 22.7 Å². The largest absolute Gasteiger partial charge is 0.355 e. The van der Waals surface area contributed by atoms with Gasteiger partial charge in [-0.3, -0.25) is 4.72 Å². The second kappa shape index (κ2) is 4.63. The first-order valence-corrected chi connectivity index (χ1v) is 6.30. The molecule has 0 radical (unpaired) electrons. The van der Waals surface area contributed by atoms with Crippen molar-refractivity contribution in [3.05, 3.63) is 27.7 Å². The fourth-order valence-electron chi connectivity index (χ4n) is 0.780. The maximum Gasteiger partial charge on any atom is 0.355 e. The molecule has 0 aliphatic rings. The predicted molar refractivity (Wildman–Crippen MR) is 57.7 cm³/mol. The van der Waals surface area contributed by atoms with Crippen LogP contribution in [0.5, 0.6) is 0 Å². The summed E-state index contributed by atoms with van der Waals surface area (Å²) in [5.74, 6) is -3.48. The summed E-state index contributed by atoms with van der Waals surface area (Å²) < 4.78 is 47.7. The molecule has 0 spiro atoms. The summed E-state index contributed by atoms with van der Waals surface area (Å²) >= 11 is 8.63. The lowest BCUT2D eigenvalue weighted by Gasteiger charge is -2.09. The molecule has 84 valence electrons. The summed E-state index contributed by atoms with van der Waals surface area (Å²) in [6.45, 7) is 0. The Morgan fingerprint density at radius 3 is 2.53 bits per heavy atom. The SMILES string of the molecule is O=S(=O)(Nc1cccc(Cl)c1Br)C(F)F.